The zero-order valence-electron chi connectivity index (χ0n) is 13.8. The summed E-state index contributed by atoms with van der Waals surface area (Å²) in [6.07, 6.45) is 4.49. The van der Waals surface area contributed by atoms with E-state index in [0.29, 0.717) is 0 Å². The Balaban J connectivity index is 1.74. The third kappa shape index (κ3) is 5.32. The Bertz CT molecular complexity index is 1010. The lowest BCUT2D eigenvalue weighted by Gasteiger charge is -2.11. The molecule has 3 aromatic rings. The molecule has 0 unspecified atom stereocenters. The first-order valence-electron chi connectivity index (χ1n) is 7.77. The molecule has 2 amide bonds. The van der Waals surface area contributed by atoms with Crippen molar-refractivity contribution in [3.8, 4) is 0 Å². The van der Waals surface area contributed by atoms with Gasteiger partial charge in [0.2, 0.25) is 5.91 Å². The van der Waals surface area contributed by atoms with E-state index in [1.807, 2.05) is 12.1 Å². The topological polar surface area (TPSA) is 71.1 Å². The maximum atomic E-state index is 13.6. The molecule has 2 heterocycles. The summed E-state index contributed by atoms with van der Waals surface area (Å²) >= 11 is 4.82. The quantitative estimate of drug-likeness (QED) is 0.545. The predicted octanol–water partition coefficient (Wildman–Crippen LogP) is 4.95. The fraction of sp³-hybridized carbons (Fsp3) is 0. The minimum atomic E-state index is -0.535. The summed E-state index contributed by atoms with van der Waals surface area (Å²) in [7, 11) is 0. The Morgan fingerprint density at radius 2 is 1.93 bits per heavy atom. The first-order valence-corrected chi connectivity index (χ1v) is 9.38. The lowest BCUT2D eigenvalue weighted by Crippen LogP contribution is -2.16. The number of aromatic nitrogens is 1. The summed E-state index contributed by atoms with van der Waals surface area (Å²) in [4.78, 5) is 29.3. The average molecular weight is 446 g/mol. The molecule has 0 aliphatic carbocycles. The van der Waals surface area contributed by atoms with E-state index in [-0.39, 0.29) is 17.1 Å². The van der Waals surface area contributed by atoms with Gasteiger partial charge < -0.3 is 10.6 Å². The average Bonchev–Trinajstić information content (AvgIpc) is 3.08. The highest BCUT2D eigenvalue weighted by Gasteiger charge is 2.12. The number of nitrogens with zero attached hydrogens (tertiary/aromatic N) is 1. The molecule has 2 aromatic heterocycles. The van der Waals surface area contributed by atoms with Crippen molar-refractivity contribution in [1.82, 2.24) is 4.98 Å². The molecule has 5 nitrogen and oxygen atoms in total. The Kier molecular flexibility index (Phi) is 6.10. The number of pyridine rings is 1. The van der Waals surface area contributed by atoms with E-state index >= 15 is 0 Å². The van der Waals surface area contributed by atoms with Gasteiger partial charge in [-0.25, -0.2) is 4.39 Å². The van der Waals surface area contributed by atoms with Crippen molar-refractivity contribution >= 4 is 56.5 Å². The van der Waals surface area contributed by atoms with Crippen molar-refractivity contribution in [2.45, 2.75) is 0 Å². The predicted molar refractivity (Wildman–Crippen MR) is 108 cm³/mol. The normalized spacial score (nSPS) is 10.7. The smallest absolute Gasteiger partial charge is 0.274 e. The summed E-state index contributed by atoms with van der Waals surface area (Å²) in [5.74, 6) is -1.44. The van der Waals surface area contributed by atoms with Gasteiger partial charge in [0.25, 0.3) is 5.91 Å². The number of amides is 2. The number of carbonyl (C=O) groups is 2. The van der Waals surface area contributed by atoms with Crippen molar-refractivity contribution in [3.63, 3.8) is 0 Å². The molecule has 0 radical (unpaired) electrons. The number of benzene rings is 1. The molecule has 0 aliphatic heterocycles. The van der Waals surface area contributed by atoms with Crippen molar-refractivity contribution in [3.05, 3.63) is 81.0 Å². The molecule has 0 fully saturated rings. The van der Waals surface area contributed by atoms with Crippen LogP contribution in [0.4, 0.5) is 15.8 Å². The molecule has 0 saturated carbocycles. The molecule has 2 N–H and O–H groups in total. The SMILES string of the molecule is O=C(/C=C/c1ccc(Br)s1)Nc1cc(F)ccc1NC(=O)c1ccccn1. The van der Waals surface area contributed by atoms with Crippen molar-refractivity contribution < 1.29 is 14.0 Å². The number of carbonyl (C=O) groups excluding carboxylic acids is 2. The summed E-state index contributed by atoms with van der Waals surface area (Å²) in [6, 6.07) is 12.4. The minimum absolute atomic E-state index is 0.154. The van der Waals surface area contributed by atoms with Crippen LogP contribution >= 0.6 is 27.3 Å². The molecular weight excluding hydrogens is 433 g/mol. The number of anilines is 2. The third-order valence-electron chi connectivity index (χ3n) is 3.38. The van der Waals surface area contributed by atoms with Crippen LogP contribution in [-0.4, -0.2) is 16.8 Å². The highest BCUT2D eigenvalue weighted by molar-refractivity contribution is 9.11. The first-order chi connectivity index (χ1) is 13.0. The third-order valence-corrected chi connectivity index (χ3v) is 4.97. The molecule has 0 spiro atoms. The number of hydrogen-bond acceptors (Lipinski definition) is 4. The largest absolute Gasteiger partial charge is 0.321 e. The molecule has 0 saturated heterocycles. The molecule has 0 bridgehead atoms. The number of hydrogen-bond donors (Lipinski definition) is 2. The standard InChI is InChI=1S/C19H13BrFN3O2S/c20-17-8-5-13(27-17)6-9-18(25)23-16-11-12(21)4-7-14(16)24-19(26)15-3-1-2-10-22-15/h1-11H,(H,23,25)(H,24,26)/b9-6+. The summed E-state index contributed by atoms with van der Waals surface area (Å²) < 4.78 is 14.6. The number of halogens is 2. The van der Waals surface area contributed by atoms with E-state index in [4.69, 9.17) is 0 Å². The van der Waals surface area contributed by atoms with Crippen LogP contribution in [-0.2, 0) is 4.79 Å². The second-order valence-corrected chi connectivity index (χ2v) is 7.82. The van der Waals surface area contributed by atoms with Gasteiger partial charge in [0.1, 0.15) is 11.5 Å². The number of rotatable bonds is 5. The molecule has 0 atom stereocenters. The molecule has 3 rings (SSSR count). The highest BCUT2D eigenvalue weighted by Crippen LogP contribution is 2.25. The van der Waals surface area contributed by atoms with Gasteiger partial charge in [-0.2, -0.15) is 0 Å². The number of thiophene rings is 1. The van der Waals surface area contributed by atoms with Crippen LogP contribution in [0, 0.1) is 5.82 Å². The molecular formula is C19H13BrFN3O2S. The fourth-order valence-corrected chi connectivity index (χ4v) is 3.49. The molecule has 8 heteroatoms. The second-order valence-electron chi connectivity index (χ2n) is 5.32. The van der Waals surface area contributed by atoms with Crippen LogP contribution in [0.3, 0.4) is 0 Å². The Hall–Kier alpha value is -2.84. The Morgan fingerprint density at radius 1 is 1.07 bits per heavy atom. The Morgan fingerprint density at radius 3 is 2.63 bits per heavy atom. The van der Waals surface area contributed by atoms with Crippen molar-refractivity contribution in [1.29, 1.82) is 0 Å². The van der Waals surface area contributed by atoms with Crippen LogP contribution in [0.15, 0.2) is 64.6 Å². The van der Waals surface area contributed by atoms with Crippen LogP contribution in [0.1, 0.15) is 15.4 Å². The second kappa shape index (κ2) is 8.70. The van der Waals surface area contributed by atoms with Gasteiger partial charge in [-0.1, -0.05) is 6.07 Å². The van der Waals surface area contributed by atoms with Gasteiger partial charge in [-0.3, -0.25) is 14.6 Å². The molecule has 27 heavy (non-hydrogen) atoms. The molecule has 136 valence electrons. The Labute approximate surface area is 167 Å². The summed E-state index contributed by atoms with van der Waals surface area (Å²) in [5, 5.41) is 5.20. The van der Waals surface area contributed by atoms with Crippen LogP contribution < -0.4 is 10.6 Å². The van der Waals surface area contributed by atoms with Gasteiger partial charge in [0.15, 0.2) is 0 Å². The minimum Gasteiger partial charge on any atom is -0.321 e. The lowest BCUT2D eigenvalue weighted by molar-refractivity contribution is -0.111. The van der Waals surface area contributed by atoms with Gasteiger partial charge in [0.05, 0.1) is 15.2 Å². The van der Waals surface area contributed by atoms with E-state index in [2.05, 4.69) is 31.5 Å². The summed E-state index contributed by atoms with van der Waals surface area (Å²) in [6.45, 7) is 0. The van der Waals surface area contributed by atoms with Crippen LogP contribution in [0.2, 0.25) is 0 Å². The van der Waals surface area contributed by atoms with E-state index < -0.39 is 17.6 Å². The van der Waals surface area contributed by atoms with Gasteiger partial charge in [-0.05, 0) is 64.5 Å². The van der Waals surface area contributed by atoms with E-state index in [9.17, 15) is 14.0 Å². The highest BCUT2D eigenvalue weighted by atomic mass is 79.9. The number of nitrogens with one attached hydrogen (secondary N) is 2. The first kappa shape index (κ1) is 18.9. The lowest BCUT2D eigenvalue weighted by atomic mass is 10.2. The van der Waals surface area contributed by atoms with Gasteiger partial charge in [-0.15, -0.1) is 11.3 Å². The maximum absolute atomic E-state index is 13.6. The van der Waals surface area contributed by atoms with E-state index in [0.717, 1.165) is 14.7 Å². The van der Waals surface area contributed by atoms with Crippen LogP contribution in [0.5, 0.6) is 0 Å². The zero-order chi connectivity index (χ0) is 19.2. The molecule has 1 aromatic carbocycles. The van der Waals surface area contributed by atoms with Crippen molar-refractivity contribution in [2.24, 2.45) is 0 Å². The van der Waals surface area contributed by atoms with Crippen molar-refractivity contribution in [2.75, 3.05) is 10.6 Å². The fourth-order valence-electron chi connectivity index (χ4n) is 2.16. The van der Waals surface area contributed by atoms with Crippen LogP contribution in [0.25, 0.3) is 6.08 Å². The molecule has 0 aliphatic rings. The zero-order valence-corrected chi connectivity index (χ0v) is 16.2. The van der Waals surface area contributed by atoms with Gasteiger partial charge >= 0.3 is 0 Å². The summed E-state index contributed by atoms with van der Waals surface area (Å²) in [5.41, 5.74) is 0.635. The van der Waals surface area contributed by atoms with E-state index in [1.165, 1.54) is 35.7 Å². The van der Waals surface area contributed by atoms with E-state index in [1.54, 1.807) is 24.3 Å². The maximum Gasteiger partial charge on any atom is 0.274 e. The van der Waals surface area contributed by atoms with Gasteiger partial charge in [0, 0.05) is 17.2 Å². The monoisotopic (exact) mass is 445 g/mol.